The summed E-state index contributed by atoms with van der Waals surface area (Å²) < 4.78 is 10.7. The molecule has 0 unspecified atom stereocenters. The van der Waals surface area contributed by atoms with Crippen molar-refractivity contribution in [2.45, 2.75) is 39.7 Å². The Bertz CT molecular complexity index is 595. The molecule has 4 nitrogen and oxygen atoms in total. The fourth-order valence-electron chi connectivity index (χ4n) is 2.87. The van der Waals surface area contributed by atoms with E-state index in [-0.39, 0.29) is 23.8 Å². The van der Waals surface area contributed by atoms with Crippen LogP contribution in [0.3, 0.4) is 0 Å². The standard InChI is InChI=1S/C19H24O4/c1-12-9-16(12)18(20)22-8-7-14-5-3-4-6-15(14)11-23-19(21)17-10-13(17)2/h3-6,12-13,16-17H,7-11H2,1-2H3/t12-,13+,16+,17+/m1/s1. The summed E-state index contributed by atoms with van der Waals surface area (Å²) in [5.74, 6) is 0.946. The summed E-state index contributed by atoms with van der Waals surface area (Å²) in [6, 6.07) is 7.85. The first-order valence-corrected chi connectivity index (χ1v) is 8.46. The van der Waals surface area contributed by atoms with Crippen LogP contribution in [-0.4, -0.2) is 18.5 Å². The highest BCUT2D eigenvalue weighted by atomic mass is 16.5. The van der Waals surface area contributed by atoms with Crippen molar-refractivity contribution in [3.05, 3.63) is 35.4 Å². The van der Waals surface area contributed by atoms with E-state index in [1.54, 1.807) is 0 Å². The molecule has 0 N–H and O–H groups in total. The second-order valence-corrected chi connectivity index (χ2v) is 6.93. The zero-order valence-electron chi connectivity index (χ0n) is 13.8. The molecule has 0 amide bonds. The van der Waals surface area contributed by atoms with E-state index in [2.05, 4.69) is 13.8 Å². The highest BCUT2D eigenvalue weighted by Gasteiger charge is 2.41. The van der Waals surface area contributed by atoms with Crippen molar-refractivity contribution in [1.82, 2.24) is 0 Å². The second kappa shape index (κ2) is 6.73. The molecule has 0 aromatic heterocycles. The number of hydrogen-bond acceptors (Lipinski definition) is 4. The van der Waals surface area contributed by atoms with E-state index in [0.717, 1.165) is 24.0 Å². The first-order chi connectivity index (χ1) is 11.1. The van der Waals surface area contributed by atoms with Crippen LogP contribution in [0.15, 0.2) is 24.3 Å². The molecule has 124 valence electrons. The van der Waals surface area contributed by atoms with Gasteiger partial charge in [0.25, 0.3) is 0 Å². The summed E-state index contributed by atoms with van der Waals surface area (Å²) in [4.78, 5) is 23.6. The zero-order valence-corrected chi connectivity index (χ0v) is 13.8. The average molecular weight is 316 g/mol. The number of ether oxygens (including phenoxy) is 2. The first kappa shape index (κ1) is 16.0. The van der Waals surface area contributed by atoms with Gasteiger partial charge in [-0.15, -0.1) is 0 Å². The molecule has 1 aromatic carbocycles. The van der Waals surface area contributed by atoms with Crippen LogP contribution >= 0.6 is 0 Å². The molecular formula is C19H24O4. The van der Waals surface area contributed by atoms with Crippen molar-refractivity contribution < 1.29 is 19.1 Å². The maximum absolute atomic E-state index is 11.8. The highest BCUT2D eigenvalue weighted by Crippen LogP contribution is 2.39. The molecule has 0 bridgehead atoms. The number of benzene rings is 1. The normalized spacial score (nSPS) is 28.1. The van der Waals surface area contributed by atoms with Gasteiger partial charge in [0.1, 0.15) is 6.61 Å². The largest absolute Gasteiger partial charge is 0.465 e. The van der Waals surface area contributed by atoms with Gasteiger partial charge >= 0.3 is 11.9 Å². The monoisotopic (exact) mass is 316 g/mol. The highest BCUT2D eigenvalue weighted by molar-refractivity contribution is 5.76. The molecule has 0 saturated heterocycles. The molecular weight excluding hydrogens is 292 g/mol. The van der Waals surface area contributed by atoms with Crippen LogP contribution in [0.4, 0.5) is 0 Å². The summed E-state index contributed by atoms with van der Waals surface area (Å²) in [6.07, 6.45) is 2.54. The van der Waals surface area contributed by atoms with Gasteiger partial charge < -0.3 is 9.47 Å². The van der Waals surface area contributed by atoms with Gasteiger partial charge in [-0.1, -0.05) is 38.1 Å². The Morgan fingerprint density at radius 2 is 1.48 bits per heavy atom. The van der Waals surface area contributed by atoms with Gasteiger partial charge in [0.2, 0.25) is 0 Å². The molecule has 0 radical (unpaired) electrons. The Balaban J connectivity index is 1.47. The van der Waals surface area contributed by atoms with Crippen LogP contribution in [0.2, 0.25) is 0 Å². The van der Waals surface area contributed by atoms with Crippen LogP contribution in [0.5, 0.6) is 0 Å². The third kappa shape index (κ3) is 4.12. The fourth-order valence-corrected chi connectivity index (χ4v) is 2.87. The van der Waals surface area contributed by atoms with Gasteiger partial charge in [0.15, 0.2) is 0 Å². The lowest BCUT2D eigenvalue weighted by Crippen LogP contribution is -2.12. The zero-order chi connectivity index (χ0) is 16.4. The molecule has 2 saturated carbocycles. The van der Waals surface area contributed by atoms with Crippen LogP contribution in [0.1, 0.15) is 37.8 Å². The average Bonchev–Trinajstić information content (AvgIpc) is 3.44. The molecule has 0 aliphatic heterocycles. The number of rotatable bonds is 7. The van der Waals surface area contributed by atoms with Gasteiger partial charge in [-0.25, -0.2) is 0 Å². The minimum Gasteiger partial charge on any atom is -0.465 e. The van der Waals surface area contributed by atoms with Crippen molar-refractivity contribution in [3.63, 3.8) is 0 Å². The van der Waals surface area contributed by atoms with Crippen molar-refractivity contribution in [3.8, 4) is 0 Å². The molecule has 3 rings (SSSR count). The lowest BCUT2D eigenvalue weighted by molar-refractivity contribution is -0.147. The summed E-state index contributed by atoms with van der Waals surface area (Å²) >= 11 is 0. The fraction of sp³-hybridized carbons (Fsp3) is 0.579. The van der Waals surface area contributed by atoms with Crippen LogP contribution in [0, 0.1) is 23.7 Å². The number of esters is 2. The third-order valence-electron chi connectivity index (χ3n) is 4.93. The number of carbonyl (C=O) groups is 2. The number of carbonyl (C=O) groups excluding carboxylic acids is 2. The Kier molecular flexibility index (Phi) is 4.69. The van der Waals surface area contributed by atoms with Crippen molar-refractivity contribution in [1.29, 1.82) is 0 Å². The van der Waals surface area contributed by atoms with Crippen LogP contribution in [-0.2, 0) is 32.1 Å². The third-order valence-corrected chi connectivity index (χ3v) is 4.93. The van der Waals surface area contributed by atoms with Crippen molar-refractivity contribution in [2.24, 2.45) is 23.7 Å². The summed E-state index contributed by atoms with van der Waals surface area (Å²) in [6.45, 7) is 4.81. The molecule has 23 heavy (non-hydrogen) atoms. The number of hydrogen-bond donors (Lipinski definition) is 0. The van der Waals surface area contributed by atoms with E-state index in [1.165, 1.54) is 0 Å². The van der Waals surface area contributed by atoms with Gasteiger partial charge in [-0.3, -0.25) is 9.59 Å². The Hall–Kier alpha value is -1.84. The maximum Gasteiger partial charge on any atom is 0.309 e. The van der Waals surface area contributed by atoms with Gasteiger partial charge in [-0.2, -0.15) is 0 Å². The lowest BCUT2D eigenvalue weighted by atomic mass is 10.1. The molecule has 2 aliphatic rings. The summed E-state index contributed by atoms with van der Waals surface area (Å²) in [7, 11) is 0. The predicted molar refractivity (Wildman–Crippen MR) is 85.4 cm³/mol. The molecule has 4 heteroatoms. The van der Waals surface area contributed by atoms with Gasteiger partial charge in [0, 0.05) is 6.42 Å². The molecule has 1 aromatic rings. The quantitative estimate of drug-likeness (QED) is 0.725. The van der Waals surface area contributed by atoms with E-state index < -0.39 is 0 Å². The Morgan fingerprint density at radius 1 is 0.957 bits per heavy atom. The smallest absolute Gasteiger partial charge is 0.309 e. The van der Waals surface area contributed by atoms with Crippen molar-refractivity contribution in [2.75, 3.05) is 6.61 Å². The summed E-state index contributed by atoms with van der Waals surface area (Å²) in [5, 5.41) is 0. The molecule has 2 aliphatic carbocycles. The SMILES string of the molecule is C[C@@H]1C[C@@H]1C(=O)OCCc1ccccc1COC(=O)[C@H]1C[C@@H]1C. The van der Waals surface area contributed by atoms with Crippen LogP contribution < -0.4 is 0 Å². The Labute approximate surface area is 137 Å². The van der Waals surface area contributed by atoms with E-state index in [9.17, 15) is 9.59 Å². The van der Waals surface area contributed by atoms with Crippen LogP contribution in [0.25, 0.3) is 0 Å². The van der Waals surface area contributed by atoms with E-state index in [0.29, 0.717) is 31.5 Å². The molecule has 0 spiro atoms. The molecule has 2 fully saturated rings. The van der Waals surface area contributed by atoms with Gasteiger partial charge in [-0.05, 0) is 35.8 Å². The maximum atomic E-state index is 11.8. The first-order valence-electron chi connectivity index (χ1n) is 8.46. The Morgan fingerprint density at radius 3 is 2.04 bits per heavy atom. The summed E-state index contributed by atoms with van der Waals surface area (Å²) in [5.41, 5.74) is 2.06. The second-order valence-electron chi connectivity index (χ2n) is 6.93. The minimum absolute atomic E-state index is 0.0795. The minimum atomic E-state index is -0.0959. The predicted octanol–water partition coefficient (Wildman–Crippen LogP) is 3.13. The van der Waals surface area contributed by atoms with Gasteiger partial charge in [0.05, 0.1) is 18.4 Å². The van der Waals surface area contributed by atoms with E-state index in [1.807, 2.05) is 24.3 Å². The van der Waals surface area contributed by atoms with E-state index in [4.69, 9.17) is 9.47 Å². The molecule has 4 atom stereocenters. The molecule has 0 heterocycles. The van der Waals surface area contributed by atoms with E-state index >= 15 is 0 Å². The topological polar surface area (TPSA) is 52.6 Å². The van der Waals surface area contributed by atoms with Crippen molar-refractivity contribution >= 4 is 11.9 Å². The lowest BCUT2D eigenvalue weighted by Gasteiger charge is -2.11.